The van der Waals surface area contributed by atoms with Crippen LogP contribution in [-0.2, 0) is 0 Å². The van der Waals surface area contributed by atoms with E-state index in [-0.39, 0.29) is 11.6 Å². The number of piperazine rings is 1. The summed E-state index contributed by atoms with van der Waals surface area (Å²) in [6, 6.07) is 5.34. The molecule has 12 nitrogen and oxygen atoms in total. The summed E-state index contributed by atoms with van der Waals surface area (Å²) in [5, 5.41) is 19.1. The van der Waals surface area contributed by atoms with E-state index in [1.807, 2.05) is 17.9 Å². The second-order valence-corrected chi connectivity index (χ2v) is 8.24. The molecule has 0 bridgehead atoms. The Labute approximate surface area is 200 Å². The van der Waals surface area contributed by atoms with E-state index < -0.39 is 11.9 Å². The number of rotatable bonds is 3. The van der Waals surface area contributed by atoms with Crippen molar-refractivity contribution in [1.29, 1.82) is 5.26 Å². The molecule has 0 aliphatic carbocycles. The lowest BCUT2D eigenvalue weighted by Gasteiger charge is -2.37. The highest BCUT2D eigenvalue weighted by Crippen LogP contribution is 2.30. The molecule has 0 spiro atoms. The number of aromatic nitrogens is 6. The zero-order valence-corrected chi connectivity index (χ0v) is 19.2. The molecule has 0 saturated carbocycles. The van der Waals surface area contributed by atoms with Crippen molar-refractivity contribution >= 4 is 18.2 Å². The maximum Gasteiger partial charge on any atom is 0.341 e. The summed E-state index contributed by atoms with van der Waals surface area (Å²) in [6.07, 6.45) is 3.52. The molecule has 3 aromatic rings. The second kappa shape index (κ2) is 9.05. The Bertz CT molecular complexity index is 1340. The topological polar surface area (TPSA) is 132 Å². The van der Waals surface area contributed by atoms with Gasteiger partial charge in [-0.2, -0.15) is 25.0 Å². The highest BCUT2D eigenvalue weighted by atomic mass is 19.1. The maximum atomic E-state index is 14.0. The van der Waals surface area contributed by atoms with Gasteiger partial charge in [-0.15, -0.1) is 5.10 Å². The molecule has 2 aliphatic rings. The van der Waals surface area contributed by atoms with Gasteiger partial charge in [0.1, 0.15) is 23.8 Å². The molecule has 4 heterocycles. The fourth-order valence-electron chi connectivity index (χ4n) is 4.23. The third-order valence-corrected chi connectivity index (χ3v) is 5.90. The molecule has 35 heavy (non-hydrogen) atoms. The summed E-state index contributed by atoms with van der Waals surface area (Å²) in [4.78, 5) is 34.2. The molecule has 2 aliphatic heterocycles. The fourth-order valence-corrected chi connectivity index (χ4v) is 4.23. The fraction of sp³-hybridized carbons (Fsp3) is 0.364. The van der Waals surface area contributed by atoms with Crippen LogP contribution in [0.25, 0.3) is 5.95 Å². The van der Waals surface area contributed by atoms with Crippen molar-refractivity contribution in [2.45, 2.75) is 26.3 Å². The van der Waals surface area contributed by atoms with Gasteiger partial charge in [0.25, 0.3) is 5.95 Å². The molecule has 0 N–H and O–H groups in total. The molecular weight excluding hydrogens is 453 g/mol. The first kappa shape index (κ1) is 22.3. The highest BCUT2D eigenvalue weighted by Gasteiger charge is 2.34. The molecule has 5 rings (SSSR count). The van der Waals surface area contributed by atoms with Crippen LogP contribution in [0.5, 0.6) is 0 Å². The average molecular weight is 475 g/mol. The van der Waals surface area contributed by atoms with Gasteiger partial charge in [-0.05, 0) is 37.6 Å². The first-order chi connectivity index (χ1) is 16.9. The van der Waals surface area contributed by atoms with E-state index in [2.05, 4.69) is 30.1 Å². The smallest absolute Gasteiger partial charge is 0.337 e. The molecule has 13 heteroatoms. The summed E-state index contributed by atoms with van der Waals surface area (Å²) >= 11 is 0. The van der Waals surface area contributed by atoms with Crippen LogP contribution in [0.2, 0.25) is 0 Å². The van der Waals surface area contributed by atoms with Crippen LogP contribution in [0.15, 0.2) is 29.6 Å². The molecule has 1 aromatic carbocycles. The highest BCUT2D eigenvalue weighted by molar-refractivity contribution is 5.78. The molecular formula is C22H22FN11O. The lowest BCUT2D eigenvalue weighted by molar-refractivity contribution is 0.139. The van der Waals surface area contributed by atoms with E-state index in [0.29, 0.717) is 61.7 Å². The minimum atomic E-state index is -0.514. The molecule has 1 atom stereocenters. The van der Waals surface area contributed by atoms with Gasteiger partial charge in [-0.3, -0.25) is 0 Å². The molecule has 2 aromatic heterocycles. The predicted molar refractivity (Wildman–Crippen MR) is 122 cm³/mol. The number of nitriles is 1. The number of halogens is 1. The summed E-state index contributed by atoms with van der Waals surface area (Å²) in [5.74, 6) is 1.67. The van der Waals surface area contributed by atoms with Crippen molar-refractivity contribution in [1.82, 2.24) is 39.6 Å². The van der Waals surface area contributed by atoms with Gasteiger partial charge < -0.3 is 9.80 Å². The Morgan fingerprint density at radius 1 is 1.09 bits per heavy atom. The number of nitrogens with zero attached hydrogens (tertiary/aromatic N) is 11. The minimum absolute atomic E-state index is 0.209. The molecule has 178 valence electrons. The molecule has 1 fully saturated rings. The van der Waals surface area contributed by atoms with Gasteiger partial charge in [0, 0.05) is 38.8 Å². The number of anilines is 1. The van der Waals surface area contributed by atoms with Gasteiger partial charge in [-0.25, -0.2) is 24.2 Å². The van der Waals surface area contributed by atoms with E-state index in [9.17, 15) is 9.18 Å². The number of urea groups is 1. The Kier molecular flexibility index (Phi) is 5.77. The van der Waals surface area contributed by atoms with E-state index >= 15 is 0 Å². The Morgan fingerprint density at radius 2 is 1.86 bits per heavy atom. The van der Waals surface area contributed by atoms with Crippen LogP contribution in [0.1, 0.15) is 35.2 Å². The van der Waals surface area contributed by atoms with Gasteiger partial charge in [0.05, 0.1) is 17.7 Å². The van der Waals surface area contributed by atoms with Gasteiger partial charge in [0.2, 0.25) is 5.95 Å². The van der Waals surface area contributed by atoms with Crippen molar-refractivity contribution in [2.75, 3.05) is 31.1 Å². The summed E-state index contributed by atoms with van der Waals surface area (Å²) in [7, 11) is 0. The summed E-state index contributed by atoms with van der Waals surface area (Å²) < 4.78 is 15.5. The van der Waals surface area contributed by atoms with Crippen LogP contribution in [0.4, 0.5) is 15.1 Å². The summed E-state index contributed by atoms with van der Waals surface area (Å²) in [5.41, 5.74) is 0.753. The Hall–Kier alpha value is -4.47. The minimum Gasteiger partial charge on any atom is -0.337 e. The molecule has 2 amide bonds. The number of aryl methyl sites for hydroxylation is 2. The number of benzene rings is 1. The standard InChI is InChI=1S/C22H22FN11O/c1-14-28-15(2)33(30-14)21-26-13-25-20(29-21)31-5-7-32(8-6-31)22(35)34-19(3-4-27-34)17-9-16(12-24)10-18(23)11-17/h4,9-11,13,19H,3,5-8H2,1-2H3/t19-/m0/s1. The van der Waals surface area contributed by atoms with Gasteiger partial charge in [0.15, 0.2) is 0 Å². The van der Waals surface area contributed by atoms with Gasteiger partial charge in [-0.1, -0.05) is 0 Å². The number of hydrogen-bond acceptors (Lipinski definition) is 9. The normalized spacial score (nSPS) is 17.7. The first-order valence-corrected chi connectivity index (χ1v) is 11.1. The van der Waals surface area contributed by atoms with Crippen molar-refractivity contribution in [3.63, 3.8) is 0 Å². The lowest BCUT2D eigenvalue weighted by atomic mass is 10.0. The van der Waals surface area contributed by atoms with Crippen molar-refractivity contribution < 1.29 is 9.18 Å². The zero-order valence-electron chi connectivity index (χ0n) is 19.2. The van der Waals surface area contributed by atoms with Crippen LogP contribution < -0.4 is 4.90 Å². The third-order valence-electron chi connectivity index (χ3n) is 5.90. The average Bonchev–Trinajstić information content (AvgIpc) is 3.49. The number of carbonyl (C=O) groups is 1. The van der Waals surface area contributed by atoms with E-state index in [1.165, 1.54) is 23.5 Å². The monoisotopic (exact) mass is 475 g/mol. The SMILES string of the molecule is Cc1nc(C)n(-c2ncnc(N3CCN(C(=O)N4N=CC[C@H]4c4cc(F)cc(C#N)c4)CC3)n2)n1. The number of hydrogen-bond donors (Lipinski definition) is 0. The second-order valence-electron chi connectivity index (χ2n) is 8.24. The number of hydrazone groups is 1. The predicted octanol–water partition coefficient (Wildman–Crippen LogP) is 1.75. The molecule has 0 unspecified atom stereocenters. The van der Waals surface area contributed by atoms with Gasteiger partial charge >= 0.3 is 6.03 Å². The summed E-state index contributed by atoms with van der Waals surface area (Å²) in [6.45, 7) is 5.54. The first-order valence-electron chi connectivity index (χ1n) is 11.1. The number of carbonyl (C=O) groups excluding carboxylic acids is 1. The zero-order chi connectivity index (χ0) is 24.5. The van der Waals surface area contributed by atoms with E-state index in [1.54, 1.807) is 28.8 Å². The van der Waals surface area contributed by atoms with Crippen molar-refractivity contribution in [3.8, 4) is 12.0 Å². The lowest BCUT2D eigenvalue weighted by Crippen LogP contribution is -2.52. The molecule has 1 saturated heterocycles. The van der Waals surface area contributed by atoms with Crippen molar-refractivity contribution in [3.05, 3.63) is 53.1 Å². The quantitative estimate of drug-likeness (QED) is 0.560. The molecule has 0 radical (unpaired) electrons. The number of amides is 2. The Balaban J connectivity index is 1.27. The van der Waals surface area contributed by atoms with Crippen LogP contribution in [0, 0.1) is 31.0 Å². The Morgan fingerprint density at radius 3 is 2.57 bits per heavy atom. The van der Waals surface area contributed by atoms with Crippen LogP contribution in [-0.4, -0.2) is 78.0 Å². The third kappa shape index (κ3) is 4.37. The van der Waals surface area contributed by atoms with E-state index in [4.69, 9.17) is 5.26 Å². The van der Waals surface area contributed by atoms with Crippen molar-refractivity contribution in [2.24, 2.45) is 5.10 Å². The maximum absolute atomic E-state index is 14.0. The largest absolute Gasteiger partial charge is 0.341 e. The van der Waals surface area contributed by atoms with E-state index in [0.717, 1.165) is 0 Å². The van der Waals surface area contributed by atoms with Crippen LogP contribution >= 0.6 is 0 Å². The van der Waals surface area contributed by atoms with Crippen LogP contribution in [0.3, 0.4) is 0 Å².